The van der Waals surface area contributed by atoms with Gasteiger partial charge in [-0.25, -0.2) is 9.18 Å². The molecule has 0 bridgehead atoms. The van der Waals surface area contributed by atoms with E-state index in [4.69, 9.17) is 0 Å². The highest BCUT2D eigenvalue weighted by molar-refractivity contribution is 5.85. The van der Waals surface area contributed by atoms with Gasteiger partial charge in [0.05, 0.1) is 0 Å². The number of aryl methyl sites for hydroxylation is 1. The van der Waals surface area contributed by atoms with Crippen LogP contribution in [-0.4, -0.2) is 41.4 Å². The second kappa shape index (κ2) is 7.99. The summed E-state index contributed by atoms with van der Waals surface area (Å²) in [4.78, 5) is 27.9. The first kappa shape index (κ1) is 17.9. The second-order valence-corrected chi connectivity index (χ2v) is 6.52. The lowest BCUT2D eigenvalue weighted by molar-refractivity contribution is -0.121. The van der Waals surface area contributed by atoms with Crippen molar-refractivity contribution in [2.45, 2.75) is 20.0 Å². The lowest BCUT2D eigenvalue weighted by Crippen LogP contribution is -2.39. The monoisotopic (exact) mass is 355 g/mol. The summed E-state index contributed by atoms with van der Waals surface area (Å²) in [5, 5.41) is 2.76. The first-order chi connectivity index (χ1) is 12.5. The molecule has 0 aromatic heterocycles. The topological polar surface area (TPSA) is 52.6 Å². The molecule has 0 saturated carbocycles. The van der Waals surface area contributed by atoms with Gasteiger partial charge in [-0.2, -0.15) is 0 Å². The average Bonchev–Trinajstić information content (AvgIpc) is 2.95. The van der Waals surface area contributed by atoms with Gasteiger partial charge < -0.3 is 15.1 Å². The Morgan fingerprint density at radius 2 is 1.81 bits per heavy atom. The van der Waals surface area contributed by atoms with Crippen molar-refractivity contribution in [3.63, 3.8) is 0 Å². The molecule has 1 fully saturated rings. The maximum atomic E-state index is 12.9. The van der Waals surface area contributed by atoms with Crippen molar-refractivity contribution in [1.29, 1.82) is 0 Å². The molecule has 2 aromatic rings. The van der Waals surface area contributed by atoms with Gasteiger partial charge in [0.15, 0.2) is 0 Å². The minimum Gasteiger partial charge on any atom is -0.350 e. The normalized spacial score (nSPS) is 14.0. The third kappa shape index (κ3) is 4.59. The predicted octanol–water partition coefficient (Wildman–Crippen LogP) is 2.69. The van der Waals surface area contributed by atoms with E-state index in [2.05, 4.69) is 11.4 Å². The van der Waals surface area contributed by atoms with Crippen LogP contribution < -0.4 is 5.32 Å². The maximum Gasteiger partial charge on any atom is 0.320 e. The third-order valence-corrected chi connectivity index (χ3v) is 4.37. The molecule has 1 heterocycles. The fourth-order valence-corrected chi connectivity index (χ4v) is 2.99. The van der Waals surface area contributed by atoms with Gasteiger partial charge in [-0.15, -0.1) is 0 Å². The summed E-state index contributed by atoms with van der Waals surface area (Å²) in [6.07, 6.45) is 0. The van der Waals surface area contributed by atoms with Gasteiger partial charge in [-0.1, -0.05) is 42.0 Å². The van der Waals surface area contributed by atoms with Crippen molar-refractivity contribution in [3.05, 3.63) is 71.0 Å². The summed E-state index contributed by atoms with van der Waals surface area (Å²) in [6, 6.07) is 13.9. The number of carbonyl (C=O) groups is 2. The molecule has 2 aromatic carbocycles. The molecule has 0 aliphatic carbocycles. The van der Waals surface area contributed by atoms with Crippen LogP contribution in [0.25, 0.3) is 0 Å². The van der Waals surface area contributed by atoms with Crippen LogP contribution in [0, 0.1) is 12.7 Å². The van der Waals surface area contributed by atoms with E-state index in [1.54, 1.807) is 21.9 Å². The molecule has 0 atom stereocenters. The Balaban J connectivity index is 1.48. The average molecular weight is 355 g/mol. The number of nitrogens with one attached hydrogen (secondary N) is 1. The molecule has 1 aliphatic rings. The van der Waals surface area contributed by atoms with Crippen molar-refractivity contribution in [3.8, 4) is 0 Å². The first-order valence-electron chi connectivity index (χ1n) is 8.62. The van der Waals surface area contributed by atoms with Gasteiger partial charge >= 0.3 is 6.03 Å². The highest BCUT2D eigenvalue weighted by atomic mass is 19.1. The number of hydrogen-bond donors (Lipinski definition) is 1. The molecule has 0 unspecified atom stereocenters. The van der Waals surface area contributed by atoms with E-state index in [0.29, 0.717) is 26.2 Å². The largest absolute Gasteiger partial charge is 0.350 e. The first-order valence-corrected chi connectivity index (χ1v) is 8.62. The number of halogens is 1. The van der Waals surface area contributed by atoms with Gasteiger partial charge in [0.25, 0.3) is 0 Å². The van der Waals surface area contributed by atoms with Gasteiger partial charge in [-0.3, -0.25) is 4.79 Å². The number of hydrogen-bond acceptors (Lipinski definition) is 2. The number of amides is 3. The van der Waals surface area contributed by atoms with E-state index in [9.17, 15) is 14.0 Å². The molecule has 26 heavy (non-hydrogen) atoms. The van der Waals surface area contributed by atoms with Crippen LogP contribution in [0.15, 0.2) is 48.5 Å². The number of benzene rings is 2. The van der Waals surface area contributed by atoms with Crippen molar-refractivity contribution in [2.24, 2.45) is 0 Å². The minimum absolute atomic E-state index is 0.0321. The summed E-state index contributed by atoms with van der Waals surface area (Å²) >= 11 is 0. The fourth-order valence-electron chi connectivity index (χ4n) is 2.99. The van der Waals surface area contributed by atoms with E-state index < -0.39 is 0 Å². The molecule has 136 valence electrons. The molecular formula is C20H22FN3O2. The fraction of sp³-hybridized carbons (Fsp3) is 0.300. The zero-order valence-corrected chi connectivity index (χ0v) is 14.7. The SMILES string of the molecule is Cc1cccc(CN2CCN(CC(=O)NCc3ccc(F)cc3)C2=O)c1. The molecule has 1 saturated heterocycles. The smallest absolute Gasteiger partial charge is 0.320 e. The lowest BCUT2D eigenvalue weighted by atomic mass is 10.1. The minimum atomic E-state index is -0.309. The predicted molar refractivity (Wildman–Crippen MR) is 96.8 cm³/mol. The molecule has 3 amide bonds. The Hall–Kier alpha value is -2.89. The Morgan fingerprint density at radius 3 is 2.54 bits per heavy atom. The van der Waals surface area contributed by atoms with Crippen LogP contribution in [-0.2, 0) is 17.9 Å². The van der Waals surface area contributed by atoms with E-state index in [1.807, 2.05) is 25.1 Å². The van der Waals surface area contributed by atoms with Crippen LogP contribution in [0.3, 0.4) is 0 Å². The van der Waals surface area contributed by atoms with Crippen molar-refractivity contribution in [2.75, 3.05) is 19.6 Å². The Kier molecular flexibility index (Phi) is 5.51. The summed E-state index contributed by atoms with van der Waals surface area (Å²) in [7, 11) is 0. The molecule has 6 heteroatoms. The highest BCUT2D eigenvalue weighted by Gasteiger charge is 2.29. The second-order valence-electron chi connectivity index (χ2n) is 6.52. The number of rotatable bonds is 6. The zero-order valence-electron chi connectivity index (χ0n) is 14.7. The van der Waals surface area contributed by atoms with Gasteiger partial charge in [0.2, 0.25) is 5.91 Å². The van der Waals surface area contributed by atoms with Gasteiger partial charge in [0.1, 0.15) is 12.4 Å². The van der Waals surface area contributed by atoms with E-state index in [-0.39, 0.29) is 24.3 Å². The van der Waals surface area contributed by atoms with E-state index >= 15 is 0 Å². The zero-order chi connectivity index (χ0) is 18.5. The van der Waals surface area contributed by atoms with Crippen molar-refractivity contribution >= 4 is 11.9 Å². The maximum absolute atomic E-state index is 12.9. The molecule has 1 N–H and O–H groups in total. The summed E-state index contributed by atoms with van der Waals surface area (Å²) < 4.78 is 12.9. The number of nitrogens with zero attached hydrogens (tertiary/aromatic N) is 2. The number of carbonyl (C=O) groups excluding carboxylic acids is 2. The highest BCUT2D eigenvalue weighted by Crippen LogP contribution is 2.14. The van der Waals surface area contributed by atoms with E-state index in [1.165, 1.54) is 12.1 Å². The van der Waals surface area contributed by atoms with Crippen LogP contribution in [0.4, 0.5) is 9.18 Å². The molecule has 1 aliphatic heterocycles. The van der Waals surface area contributed by atoms with Crippen LogP contribution in [0.1, 0.15) is 16.7 Å². The quantitative estimate of drug-likeness (QED) is 0.866. The molecule has 0 radical (unpaired) electrons. The molecule has 0 spiro atoms. The molecular weight excluding hydrogens is 333 g/mol. The summed E-state index contributed by atoms with van der Waals surface area (Å²) in [5.41, 5.74) is 3.06. The van der Waals surface area contributed by atoms with Gasteiger partial charge in [0, 0.05) is 26.2 Å². The van der Waals surface area contributed by atoms with E-state index in [0.717, 1.165) is 16.7 Å². The van der Waals surface area contributed by atoms with Crippen molar-refractivity contribution in [1.82, 2.24) is 15.1 Å². The van der Waals surface area contributed by atoms with Crippen LogP contribution >= 0.6 is 0 Å². The molecule has 5 nitrogen and oxygen atoms in total. The van der Waals surface area contributed by atoms with Crippen molar-refractivity contribution < 1.29 is 14.0 Å². The van der Waals surface area contributed by atoms with Crippen LogP contribution in [0.5, 0.6) is 0 Å². The Bertz CT molecular complexity index is 792. The molecule has 3 rings (SSSR count). The summed E-state index contributed by atoms with van der Waals surface area (Å²) in [5.74, 6) is -0.531. The standard InChI is InChI=1S/C20H22FN3O2/c1-15-3-2-4-17(11-15)13-23-9-10-24(20(23)26)14-19(25)22-12-16-5-7-18(21)8-6-16/h2-8,11H,9-10,12-14H2,1H3,(H,22,25). The number of urea groups is 1. The van der Waals surface area contributed by atoms with Gasteiger partial charge in [-0.05, 0) is 30.2 Å². The van der Waals surface area contributed by atoms with Crippen LogP contribution in [0.2, 0.25) is 0 Å². The Labute approximate surface area is 152 Å². The Morgan fingerprint density at radius 1 is 1.08 bits per heavy atom. The lowest BCUT2D eigenvalue weighted by Gasteiger charge is -2.18. The third-order valence-electron chi connectivity index (χ3n) is 4.37. The summed E-state index contributed by atoms with van der Waals surface area (Å²) in [6.45, 7) is 4.06.